The van der Waals surface area contributed by atoms with E-state index >= 15 is 0 Å². The molecule has 0 aromatic carbocycles. The summed E-state index contributed by atoms with van der Waals surface area (Å²) in [5, 5.41) is 0.460. The Morgan fingerprint density at radius 3 is 2.23 bits per heavy atom. The zero-order valence-electron chi connectivity index (χ0n) is 19.9. The third-order valence-electron chi connectivity index (χ3n) is 6.15. The zero-order chi connectivity index (χ0) is 24.9. The standard InChI is InChI=1S/C24H33NO8S2/c26-21-10-11-22(27)25(21)33-24(29)31-14-16-35-34-15-13-30-12-6-5-9-23(28)32-17-20-18-7-3-1-2-4-8-19(18)20/h18-20H,3-17H2. The number of hydrogen-bond donors (Lipinski definition) is 0. The molecule has 0 aromatic heterocycles. The van der Waals surface area contributed by atoms with Crippen LogP contribution in [0.3, 0.4) is 0 Å². The molecule has 0 N–H and O–H groups in total. The Morgan fingerprint density at radius 1 is 0.886 bits per heavy atom. The minimum absolute atomic E-state index is 0.0467. The second-order valence-electron chi connectivity index (χ2n) is 8.59. The second kappa shape index (κ2) is 15.3. The molecule has 9 nitrogen and oxygen atoms in total. The van der Waals surface area contributed by atoms with Crippen LogP contribution >= 0.6 is 21.6 Å². The number of amides is 2. The van der Waals surface area contributed by atoms with Crippen molar-refractivity contribution in [1.82, 2.24) is 5.06 Å². The summed E-state index contributed by atoms with van der Waals surface area (Å²) < 4.78 is 15.9. The largest absolute Gasteiger partial charge is 0.533 e. The molecule has 11 heteroatoms. The van der Waals surface area contributed by atoms with Crippen LogP contribution in [0.2, 0.25) is 0 Å². The second-order valence-corrected chi connectivity index (χ2v) is 11.3. The van der Waals surface area contributed by atoms with Gasteiger partial charge in [-0.3, -0.25) is 19.2 Å². The summed E-state index contributed by atoms with van der Waals surface area (Å²) in [6.07, 6.45) is 5.27. The molecular formula is C24H33NO8S2. The average Bonchev–Trinajstić information content (AvgIpc) is 3.37. The minimum Gasteiger partial charge on any atom is -0.465 e. The predicted octanol–water partition coefficient (Wildman–Crippen LogP) is 3.75. The Morgan fingerprint density at radius 2 is 1.54 bits per heavy atom. The topological polar surface area (TPSA) is 108 Å². The van der Waals surface area contributed by atoms with Crippen molar-refractivity contribution in [3.05, 3.63) is 0 Å². The number of esters is 1. The van der Waals surface area contributed by atoms with Crippen molar-refractivity contribution in [3.63, 3.8) is 0 Å². The first-order chi connectivity index (χ1) is 17.1. The Labute approximate surface area is 214 Å². The average molecular weight is 528 g/mol. The Kier molecular flexibility index (Phi) is 12.1. The van der Waals surface area contributed by atoms with Gasteiger partial charge in [0.15, 0.2) is 0 Å². The van der Waals surface area contributed by atoms with Crippen molar-refractivity contribution < 1.29 is 38.2 Å². The fourth-order valence-corrected chi connectivity index (χ4v) is 5.94. The van der Waals surface area contributed by atoms with Crippen LogP contribution < -0.4 is 0 Å². The zero-order valence-corrected chi connectivity index (χ0v) is 21.5. The van der Waals surface area contributed by atoms with E-state index in [4.69, 9.17) is 14.2 Å². The number of hydrogen-bond acceptors (Lipinski definition) is 10. The maximum absolute atomic E-state index is 12.0. The summed E-state index contributed by atoms with van der Waals surface area (Å²) in [6.45, 7) is 1.87. The molecule has 0 radical (unpaired) electrons. The van der Waals surface area contributed by atoms with Crippen LogP contribution in [0.5, 0.6) is 0 Å². The molecule has 0 aromatic rings. The molecular weight excluding hydrogens is 494 g/mol. The van der Waals surface area contributed by atoms with Crippen LogP contribution in [-0.4, -0.2) is 66.9 Å². The van der Waals surface area contributed by atoms with E-state index in [1.165, 1.54) is 10.8 Å². The highest BCUT2D eigenvalue weighted by molar-refractivity contribution is 8.76. The summed E-state index contributed by atoms with van der Waals surface area (Å²) in [5.74, 6) is 8.46. The van der Waals surface area contributed by atoms with Crippen molar-refractivity contribution >= 4 is 45.5 Å². The molecule has 3 rings (SSSR count). The van der Waals surface area contributed by atoms with Gasteiger partial charge in [-0.15, -0.1) is 11.8 Å². The summed E-state index contributed by atoms with van der Waals surface area (Å²) >= 11 is 0. The molecule has 2 amide bonds. The van der Waals surface area contributed by atoms with Gasteiger partial charge in [-0.2, -0.15) is 0 Å². The van der Waals surface area contributed by atoms with Crippen molar-refractivity contribution in [3.8, 4) is 11.8 Å². The van der Waals surface area contributed by atoms with E-state index in [2.05, 4.69) is 16.7 Å². The molecule has 2 aliphatic carbocycles. The van der Waals surface area contributed by atoms with E-state index in [9.17, 15) is 19.2 Å². The number of nitrogens with zero attached hydrogens (tertiary/aromatic N) is 1. The van der Waals surface area contributed by atoms with Gasteiger partial charge in [-0.05, 0) is 43.4 Å². The van der Waals surface area contributed by atoms with E-state index in [1.54, 1.807) is 10.8 Å². The molecule has 0 spiro atoms. The highest BCUT2D eigenvalue weighted by Gasteiger charge is 2.49. The highest BCUT2D eigenvalue weighted by Crippen LogP contribution is 2.52. The summed E-state index contributed by atoms with van der Waals surface area (Å²) in [6, 6.07) is 0. The predicted molar refractivity (Wildman–Crippen MR) is 131 cm³/mol. The number of ether oxygens (including phenoxy) is 3. The lowest BCUT2D eigenvalue weighted by Gasteiger charge is -2.12. The summed E-state index contributed by atoms with van der Waals surface area (Å²) in [4.78, 5) is 50.7. The molecule has 35 heavy (non-hydrogen) atoms. The maximum Gasteiger partial charge on any atom is 0.533 e. The minimum atomic E-state index is -1.06. The van der Waals surface area contributed by atoms with Gasteiger partial charge in [0.2, 0.25) is 0 Å². The molecule has 2 unspecified atom stereocenters. The lowest BCUT2D eigenvalue weighted by molar-refractivity contribution is -0.176. The van der Waals surface area contributed by atoms with Crippen LogP contribution in [0.4, 0.5) is 4.79 Å². The summed E-state index contributed by atoms with van der Waals surface area (Å²) in [7, 11) is 3.11. The summed E-state index contributed by atoms with van der Waals surface area (Å²) in [5.41, 5.74) is 0. The van der Waals surface area contributed by atoms with E-state index < -0.39 is 18.0 Å². The van der Waals surface area contributed by atoms with Crippen molar-refractivity contribution in [2.75, 3.05) is 37.9 Å². The van der Waals surface area contributed by atoms with Gasteiger partial charge in [-0.25, -0.2) is 4.79 Å². The van der Waals surface area contributed by atoms with Crippen molar-refractivity contribution in [2.45, 2.75) is 57.8 Å². The first kappa shape index (κ1) is 27.7. The van der Waals surface area contributed by atoms with E-state index in [0.29, 0.717) is 54.8 Å². The molecule has 3 aliphatic rings. The quantitative estimate of drug-likeness (QED) is 0.103. The van der Waals surface area contributed by atoms with E-state index in [-0.39, 0.29) is 25.4 Å². The van der Waals surface area contributed by atoms with Gasteiger partial charge in [0.05, 0.1) is 13.2 Å². The molecule has 1 aliphatic heterocycles. The lowest BCUT2D eigenvalue weighted by atomic mass is 10.1. The third kappa shape index (κ3) is 9.94. The van der Waals surface area contributed by atoms with Crippen molar-refractivity contribution in [2.24, 2.45) is 17.8 Å². The smallest absolute Gasteiger partial charge is 0.465 e. The Hall–Kier alpha value is -1.90. The maximum atomic E-state index is 12.0. The molecule has 1 saturated carbocycles. The molecule has 2 fully saturated rings. The molecule has 1 saturated heterocycles. The van der Waals surface area contributed by atoms with Crippen LogP contribution in [0.25, 0.3) is 0 Å². The van der Waals surface area contributed by atoms with Gasteiger partial charge < -0.3 is 14.2 Å². The SMILES string of the molecule is O=C(CCCCOCCSSCCOC(=O)ON1C(=O)CCC1=O)OCC1C2CCC#CCCC21. The third-order valence-corrected chi connectivity index (χ3v) is 8.48. The van der Waals surface area contributed by atoms with Crippen molar-refractivity contribution in [1.29, 1.82) is 0 Å². The monoisotopic (exact) mass is 527 g/mol. The lowest BCUT2D eigenvalue weighted by Crippen LogP contribution is -2.32. The van der Waals surface area contributed by atoms with Crippen LogP contribution in [0.15, 0.2) is 0 Å². The number of hydroxylamine groups is 2. The molecule has 1 heterocycles. The van der Waals surface area contributed by atoms with E-state index in [1.807, 2.05) is 0 Å². The number of unbranched alkanes of at least 4 members (excludes halogenated alkanes) is 1. The Bertz CT molecular complexity index is 777. The first-order valence-corrected chi connectivity index (χ1v) is 14.7. The first-order valence-electron chi connectivity index (χ1n) is 12.2. The fourth-order valence-electron chi connectivity index (χ4n) is 4.25. The highest BCUT2D eigenvalue weighted by atomic mass is 33.1. The molecule has 194 valence electrons. The van der Waals surface area contributed by atoms with Gasteiger partial charge in [0.1, 0.15) is 6.61 Å². The number of imide groups is 1. The molecule has 2 atom stereocenters. The van der Waals surface area contributed by atoms with Gasteiger partial charge in [0.25, 0.3) is 11.8 Å². The van der Waals surface area contributed by atoms with Gasteiger partial charge in [-0.1, -0.05) is 26.7 Å². The van der Waals surface area contributed by atoms with Gasteiger partial charge in [0, 0.05) is 50.2 Å². The fraction of sp³-hybridized carbons (Fsp3) is 0.750. The van der Waals surface area contributed by atoms with Crippen LogP contribution in [0, 0.1) is 29.6 Å². The van der Waals surface area contributed by atoms with Crippen LogP contribution in [-0.2, 0) is 33.4 Å². The normalized spacial score (nSPS) is 23.0. The number of carbonyl (C=O) groups is 4. The number of rotatable bonds is 15. The number of fused-ring (bicyclic) bond motifs is 1. The Balaban J connectivity index is 1.05. The van der Waals surface area contributed by atoms with Gasteiger partial charge >= 0.3 is 12.1 Å². The van der Waals surface area contributed by atoms with Crippen LogP contribution in [0.1, 0.15) is 57.8 Å². The molecule has 0 bridgehead atoms. The number of carbonyl (C=O) groups excluding carboxylic acids is 4. The van der Waals surface area contributed by atoms with E-state index in [0.717, 1.165) is 44.3 Å².